The largest absolute Gasteiger partial charge is 0.452 e. The summed E-state index contributed by atoms with van der Waals surface area (Å²) in [5, 5.41) is 11.4. The van der Waals surface area contributed by atoms with Gasteiger partial charge >= 0.3 is 0 Å². The molecule has 0 amide bonds. The van der Waals surface area contributed by atoms with Crippen molar-refractivity contribution in [1.29, 1.82) is 0 Å². The Morgan fingerprint density at radius 2 is 0.651 bits per heavy atom. The molecule has 0 fully saturated rings. The van der Waals surface area contributed by atoms with Crippen LogP contribution in [0.5, 0.6) is 0 Å². The Morgan fingerprint density at radius 1 is 0.302 bits per heavy atom. The van der Waals surface area contributed by atoms with Crippen LogP contribution in [0.25, 0.3) is 44.7 Å². The van der Waals surface area contributed by atoms with Crippen molar-refractivity contribution in [3.8, 4) is 22.6 Å². The van der Waals surface area contributed by atoms with E-state index in [1.807, 2.05) is 12.1 Å². The van der Waals surface area contributed by atoms with Crippen LogP contribution < -0.4 is 41.5 Å². The topological polar surface area (TPSA) is 38.9 Å². The highest BCUT2D eigenvalue weighted by molar-refractivity contribution is 7.20. The van der Waals surface area contributed by atoms with E-state index in [0.717, 1.165) is 33.3 Å². The molecule has 0 saturated heterocycles. The number of nitrogens with zero attached hydrogens (tertiary/aromatic N) is 2. The summed E-state index contributed by atoms with van der Waals surface area (Å²) >= 11 is 0. The van der Waals surface area contributed by atoms with Gasteiger partial charge in [0.2, 0.25) is 0 Å². The molecule has 63 heavy (non-hydrogen) atoms. The first-order valence-electron chi connectivity index (χ1n) is 21.5. The summed E-state index contributed by atoms with van der Waals surface area (Å²) in [5.41, 5.74) is 4.98. The zero-order valence-electron chi connectivity index (χ0n) is 34.6. The molecule has 9 aromatic carbocycles. The SMILES string of the molecule is c1ccc([Si](c2ccccc2)(c2ccccc2)c2cccc(-c3nc(-c4cccc([Si](c5ccccc5)(c5ccccc5)c5ccccc5)c4)c4oc5ccccc5c4n3)c2)cc1. The van der Waals surface area contributed by atoms with E-state index in [1.165, 1.54) is 41.5 Å². The molecule has 0 aliphatic heterocycles. The van der Waals surface area contributed by atoms with Gasteiger partial charge in [0, 0.05) is 16.5 Å². The Kier molecular flexibility index (Phi) is 9.89. The fourth-order valence-corrected chi connectivity index (χ4v) is 19.4. The van der Waals surface area contributed by atoms with Crippen LogP contribution >= 0.6 is 0 Å². The average molecular weight is 839 g/mol. The van der Waals surface area contributed by atoms with Crippen molar-refractivity contribution in [2.24, 2.45) is 0 Å². The number of aromatic nitrogens is 2. The van der Waals surface area contributed by atoms with Gasteiger partial charge in [-0.05, 0) is 53.6 Å². The minimum absolute atomic E-state index is 0.658. The Bertz CT molecular complexity index is 3130. The van der Waals surface area contributed by atoms with Crippen LogP contribution in [0.2, 0.25) is 0 Å². The summed E-state index contributed by atoms with van der Waals surface area (Å²) in [4.78, 5) is 10.9. The maximum Gasteiger partial charge on any atom is 0.180 e. The number of furan rings is 1. The van der Waals surface area contributed by atoms with Gasteiger partial charge in [-0.3, -0.25) is 0 Å². The Labute approximate surface area is 369 Å². The molecule has 0 atom stereocenters. The highest BCUT2D eigenvalue weighted by Crippen LogP contribution is 2.35. The summed E-state index contributed by atoms with van der Waals surface area (Å²) in [7, 11) is -5.66. The van der Waals surface area contributed by atoms with Crippen LogP contribution in [-0.4, -0.2) is 26.1 Å². The predicted molar refractivity (Wildman–Crippen MR) is 267 cm³/mol. The van der Waals surface area contributed by atoms with Gasteiger partial charge in [-0.25, -0.2) is 9.97 Å². The molecule has 3 nitrogen and oxygen atoms in total. The van der Waals surface area contributed by atoms with Crippen LogP contribution in [0, 0.1) is 0 Å². The fourth-order valence-electron chi connectivity index (χ4n) is 9.84. The lowest BCUT2D eigenvalue weighted by atomic mass is 10.1. The van der Waals surface area contributed by atoms with Crippen LogP contribution in [0.4, 0.5) is 0 Å². The van der Waals surface area contributed by atoms with Crippen LogP contribution in [0.3, 0.4) is 0 Å². The van der Waals surface area contributed by atoms with Gasteiger partial charge in [-0.1, -0.05) is 243 Å². The lowest BCUT2D eigenvalue weighted by Gasteiger charge is -2.34. The van der Waals surface area contributed by atoms with Crippen molar-refractivity contribution in [3.63, 3.8) is 0 Å². The highest BCUT2D eigenvalue weighted by atomic mass is 28.3. The average Bonchev–Trinajstić information content (AvgIpc) is 3.75. The molecule has 0 bridgehead atoms. The summed E-state index contributed by atoms with van der Waals surface area (Å²) in [6.07, 6.45) is 0. The molecular formula is C58H42N2OSi2. The quantitative estimate of drug-likeness (QED) is 0.103. The number of hydrogen-bond donors (Lipinski definition) is 0. The molecule has 0 unspecified atom stereocenters. The molecule has 2 aromatic heterocycles. The second-order valence-corrected chi connectivity index (χ2v) is 23.6. The summed E-state index contributed by atoms with van der Waals surface area (Å²) in [6.45, 7) is 0. The first-order chi connectivity index (χ1) is 31.2. The number of para-hydroxylation sites is 1. The third-order valence-corrected chi connectivity index (χ3v) is 22.1. The normalized spacial score (nSPS) is 11.8. The Balaban J connectivity index is 1.16. The van der Waals surface area contributed by atoms with Crippen molar-refractivity contribution >= 4 is 79.7 Å². The number of fused-ring (bicyclic) bond motifs is 3. The van der Waals surface area contributed by atoms with Crippen LogP contribution in [0.15, 0.2) is 259 Å². The van der Waals surface area contributed by atoms with E-state index < -0.39 is 16.1 Å². The fraction of sp³-hybridized carbons (Fsp3) is 0. The minimum atomic E-state index is -2.84. The third kappa shape index (κ3) is 6.49. The Hall–Kier alpha value is -7.71. The standard InChI is InChI=1S/C58H42N2OSi2/c1-7-25-45(26-8-1)62(46-27-9-2-10-28-46,47-29-11-3-12-30-47)51-37-21-23-43(41-51)55-57-56(53-39-19-20-40-54(53)61-57)60-58(59-55)44-24-22-38-52(42-44)63(48-31-13-4-14-32-48,49-33-15-5-16-34-49)50-35-17-6-18-36-50/h1-42H. The zero-order chi connectivity index (χ0) is 42.1. The molecule has 0 spiro atoms. The summed E-state index contributed by atoms with van der Waals surface area (Å²) in [5.74, 6) is 0.658. The first kappa shape index (κ1) is 38.2. The highest BCUT2D eigenvalue weighted by Gasteiger charge is 2.43. The van der Waals surface area contributed by atoms with Crippen molar-refractivity contribution in [2.75, 3.05) is 0 Å². The van der Waals surface area contributed by atoms with Crippen molar-refractivity contribution in [1.82, 2.24) is 9.97 Å². The monoisotopic (exact) mass is 838 g/mol. The van der Waals surface area contributed by atoms with Gasteiger partial charge in [0.1, 0.15) is 16.8 Å². The van der Waals surface area contributed by atoms with E-state index in [-0.39, 0.29) is 0 Å². The van der Waals surface area contributed by atoms with Gasteiger partial charge in [0.15, 0.2) is 27.6 Å². The molecule has 0 N–H and O–H groups in total. The minimum Gasteiger partial charge on any atom is -0.452 e. The van der Waals surface area contributed by atoms with E-state index in [2.05, 4.69) is 243 Å². The van der Waals surface area contributed by atoms with Crippen molar-refractivity contribution < 1.29 is 4.42 Å². The van der Waals surface area contributed by atoms with Crippen LogP contribution in [-0.2, 0) is 0 Å². The molecule has 298 valence electrons. The van der Waals surface area contributed by atoms with E-state index in [1.54, 1.807) is 0 Å². The number of rotatable bonds is 10. The van der Waals surface area contributed by atoms with Gasteiger partial charge in [-0.2, -0.15) is 0 Å². The molecule has 11 aromatic rings. The molecule has 11 rings (SSSR count). The molecule has 2 heterocycles. The molecule has 5 heteroatoms. The molecule has 0 saturated carbocycles. The van der Waals surface area contributed by atoms with E-state index in [0.29, 0.717) is 11.4 Å². The zero-order valence-corrected chi connectivity index (χ0v) is 36.6. The van der Waals surface area contributed by atoms with Crippen molar-refractivity contribution in [2.45, 2.75) is 0 Å². The first-order valence-corrected chi connectivity index (χ1v) is 25.5. The second-order valence-electron chi connectivity index (χ2n) is 16.0. The Morgan fingerprint density at radius 3 is 1.08 bits per heavy atom. The van der Waals surface area contributed by atoms with Gasteiger partial charge < -0.3 is 4.42 Å². The molecular weight excluding hydrogens is 797 g/mol. The maximum atomic E-state index is 6.75. The lowest BCUT2D eigenvalue weighted by Crippen LogP contribution is -2.74. The van der Waals surface area contributed by atoms with E-state index >= 15 is 0 Å². The lowest BCUT2D eigenvalue weighted by molar-refractivity contribution is 0.667. The van der Waals surface area contributed by atoms with Gasteiger partial charge in [-0.15, -0.1) is 0 Å². The summed E-state index contributed by atoms with van der Waals surface area (Å²) in [6, 6.07) is 92.5. The van der Waals surface area contributed by atoms with Gasteiger partial charge in [0.05, 0.1) is 0 Å². The van der Waals surface area contributed by atoms with E-state index in [9.17, 15) is 0 Å². The van der Waals surface area contributed by atoms with Crippen molar-refractivity contribution in [3.05, 3.63) is 255 Å². The molecule has 0 radical (unpaired) electrons. The molecule has 0 aliphatic rings. The number of hydrogen-bond acceptors (Lipinski definition) is 3. The summed E-state index contributed by atoms with van der Waals surface area (Å²) < 4.78 is 6.75. The van der Waals surface area contributed by atoms with Gasteiger partial charge in [0.25, 0.3) is 0 Å². The second kappa shape index (κ2) is 16.3. The van der Waals surface area contributed by atoms with E-state index in [4.69, 9.17) is 14.4 Å². The maximum absolute atomic E-state index is 6.75. The third-order valence-electron chi connectivity index (χ3n) is 12.6. The van der Waals surface area contributed by atoms with Crippen LogP contribution in [0.1, 0.15) is 0 Å². The predicted octanol–water partition coefficient (Wildman–Crippen LogP) is 8.46. The molecule has 0 aliphatic carbocycles. The number of benzene rings is 9. The smallest absolute Gasteiger partial charge is 0.180 e.